The Labute approximate surface area is 187 Å². The van der Waals surface area contributed by atoms with Crippen molar-refractivity contribution in [2.24, 2.45) is 7.05 Å². The Balaban J connectivity index is 1.47. The second-order valence-electron chi connectivity index (χ2n) is 6.57. The van der Waals surface area contributed by atoms with Crippen LogP contribution in [0.4, 0.5) is 5.69 Å². The minimum absolute atomic E-state index is 0.196. The van der Waals surface area contributed by atoms with Gasteiger partial charge in [0.1, 0.15) is 29.6 Å². The van der Waals surface area contributed by atoms with Crippen LogP contribution in [0.5, 0.6) is 5.75 Å². The number of hydrogen-bond acceptors (Lipinski definition) is 5. The Kier molecular flexibility index (Phi) is 5.55. The average molecular weight is 463 g/mol. The van der Waals surface area contributed by atoms with Crippen molar-refractivity contribution < 1.29 is 13.9 Å². The molecule has 1 amide bonds. The molecule has 0 unspecified atom stereocenters. The fourth-order valence-electron chi connectivity index (χ4n) is 2.97. The van der Waals surface area contributed by atoms with Crippen molar-refractivity contribution in [3.05, 3.63) is 69.5 Å². The summed E-state index contributed by atoms with van der Waals surface area (Å²) < 4.78 is 13.0. The normalized spacial score (nSPS) is 15.2. The van der Waals surface area contributed by atoms with Gasteiger partial charge in [-0.3, -0.25) is 9.48 Å². The molecule has 3 heterocycles. The topological polar surface area (TPSA) is 72.5 Å². The number of furan rings is 1. The van der Waals surface area contributed by atoms with Gasteiger partial charge in [-0.15, -0.1) is 0 Å². The zero-order valence-corrected chi connectivity index (χ0v) is 18.3. The highest BCUT2D eigenvalue weighted by Crippen LogP contribution is 2.28. The van der Waals surface area contributed by atoms with Crippen molar-refractivity contribution in [1.82, 2.24) is 15.1 Å². The molecular weight excluding hydrogens is 447 g/mol. The van der Waals surface area contributed by atoms with Gasteiger partial charge in [0.25, 0.3) is 5.91 Å². The second kappa shape index (κ2) is 8.14. The molecule has 1 aliphatic rings. The number of nitrogens with one attached hydrogen (secondary N) is 1. The molecule has 7 nitrogen and oxygen atoms in total. The van der Waals surface area contributed by atoms with Gasteiger partial charge in [0.05, 0.1) is 21.4 Å². The molecule has 0 atom stereocenters. The van der Waals surface area contributed by atoms with E-state index in [1.807, 2.05) is 6.92 Å². The molecule has 1 aromatic carbocycles. The standard InChI is InChI=1S/C20H16Cl2N4O3S/c1-11-18(9-25(2)24-11)26-19(27)17(23-20(26)30)8-13-3-4-14(29-13)10-28-12-5-6-15(21)16(22)7-12/h3-9H,10H2,1-2H3,(H,23,30)/b17-8+. The number of anilines is 1. The number of carbonyl (C=O) groups excluding carboxylic acids is 1. The molecular formula is C20H16Cl2N4O3S. The Hall–Kier alpha value is -2.81. The van der Waals surface area contributed by atoms with Gasteiger partial charge in [-0.05, 0) is 43.4 Å². The quantitative estimate of drug-likeness (QED) is 0.445. The van der Waals surface area contributed by atoms with Crippen molar-refractivity contribution in [1.29, 1.82) is 0 Å². The molecule has 0 spiro atoms. The number of amides is 1. The average Bonchev–Trinajstić information content (AvgIpc) is 3.35. The molecule has 1 saturated heterocycles. The van der Waals surface area contributed by atoms with E-state index in [0.29, 0.717) is 44.4 Å². The van der Waals surface area contributed by atoms with E-state index in [2.05, 4.69) is 10.4 Å². The van der Waals surface area contributed by atoms with E-state index in [1.54, 1.807) is 54.3 Å². The largest absolute Gasteiger partial charge is 0.486 e. The molecule has 0 bridgehead atoms. The number of carbonyl (C=O) groups is 1. The number of aromatic nitrogens is 2. The number of nitrogens with zero attached hydrogens (tertiary/aromatic N) is 3. The van der Waals surface area contributed by atoms with Gasteiger partial charge in [0, 0.05) is 25.4 Å². The summed E-state index contributed by atoms with van der Waals surface area (Å²) in [5.74, 6) is 1.37. The maximum absolute atomic E-state index is 12.8. The molecule has 154 valence electrons. The van der Waals surface area contributed by atoms with E-state index in [-0.39, 0.29) is 17.6 Å². The number of rotatable bonds is 5. The maximum Gasteiger partial charge on any atom is 0.281 e. The summed E-state index contributed by atoms with van der Waals surface area (Å²) in [5.41, 5.74) is 1.66. The van der Waals surface area contributed by atoms with Crippen LogP contribution < -0.4 is 15.0 Å². The van der Waals surface area contributed by atoms with Crippen LogP contribution in [0.1, 0.15) is 17.2 Å². The summed E-state index contributed by atoms with van der Waals surface area (Å²) >= 11 is 17.2. The van der Waals surface area contributed by atoms with Crippen molar-refractivity contribution in [2.75, 3.05) is 4.90 Å². The van der Waals surface area contributed by atoms with Gasteiger partial charge in [-0.1, -0.05) is 23.2 Å². The maximum atomic E-state index is 12.8. The molecule has 0 aliphatic carbocycles. The van der Waals surface area contributed by atoms with Crippen molar-refractivity contribution in [3.8, 4) is 5.75 Å². The molecule has 3 aromatic rings. The van der Waals surface area contributed by atoms with Gasteiger partial charge in [-0.25, -0.2) is 4.90 Å². The van der Waals surface area contributed by atoms with Gasteiger partial charge in [0.15, 0.2) is 5.11 Å². The van der Waals surface area contributed by atoms with E-state index in [9.17, 15) is 4.79 Å². The van der Waals surface area contributed by atoms with Crippen LogP contribution in [0.15, 0.2) is 46.6 Å². The van der Waals surface area contributed by atoms with Gasteiger partial charge in [0.2, 0.25) is 0 Å². The molecule has 0 saturated carbocycles. The van der Waals surface area contributed by atoms with Crippen LogP contribution >= 0.6 is 35.4 Å². The minimum Gasteiger partial charge on any atom is -0.486 e. The molecule has 1 aliphatic heterocycles. The second-order valence-corrected chi connectivity index (χ2v) is 7.77. The lowest BCUT2D eigenvalue weighted by Crippen LogP contribution is -2.30. The molecule has 4 rings (SSSR count). The highest BCUT2D eigenvalue weighted by Gasteiger charge is 2.34. The third kappa shape index (κ3) is 4.07. The Morgan fingerprint density at radius 2 is 2.07 bits per heavy atom. The van der Waals surface area contributed by atoms with Crippen LogP contribution in [0.25, 0.3) is 6.08 Å². The lowest BCUT2D eigenvalue weighted by atomic mass is 10.3. The Morgan fingerprint density at radius 3 is 2.77 bits per heavy atom. The van der Waals surface area contributed by atoms with Gasteiger partial charge in [-0.2, -0.15) is 5.10 Å². The predicted molar refractivity (Wildman–Crippen MR) is 119 cm³/mol. The fraction of sp³-hybridized carbons (Fsp3) is 0.150. The third-order valence-electron chi connectivity index (χ3n) is 4.35. The summed E-state index contributed by atoms with van der Waals surface area (Å²) in [7, 11) is 1.79. The van der Waals surface area contributed by atoms with Crippen LogP contribution in [0, 0.1) is 6.92 Å². The summed E-state index contributed by atoms with van der Waals surface area (Å²) in [6.07, 6.45) is 3.35. The van der Waals surface area contributed by atoms with Crippen molar-refractivity contribution >= 4 is 58.2 Å². The molecule has 1 fully saturated rings. The Bertz CT molecular complexity index is 1180. The molecule has 0 radical (unpaired) electrons. The monoisotopic (exact) mass is 462 g/mol. The van der Waals surface area contributed by atoms with Gasteiger partial charge < -0.3 is 14.5 Å². The molecule has 10 heteroatoms. The summed E-state index contributed by atoms with van der Waals surface area (Å²) in [4.78, 5) is 14.3. The Morgan fingerprint density at radius 1 is 1.27 bits per heavy atom. The minimum atomic E-state index is -0.277. The highest BCUT2D eigenvalue weighted by molar-refractivity contribution is 7.80. The van der Waals surface area contributed by atoms with Crippen molar-refractivity contribution in [3.63, 3.8) is 0 Å². The number of benzene rings is 1. The highest BCUT2D eigenvalue weighted by atomic mass is 35.5. The van der Waals surface area contributed by atoms with Crippen LogP contribution in [-0.4, -0.2) is 20.8 Å². The van der Waals surface area contributed by atoms with Crippen LogP contribution in [0.3, 0.4) is 0 Å². The summed E-state index contributed by atoms with van der Waals surface area (Å²) in [6.45, 7) is 2.02. The first-order chi connectivity index (χ1) is 14.3. The van der Waals surface area contributed by atoms with E-state index < -0.39 is 0 Å². The number of halogens is 2. The van der Waals surface area contributed by atoms with Gasteiger partial charge >= 0.3 is 0 Å². The molecule has 30 heavy (non-hydrogen) atoms. The molecule has 1 N–H and O–H groups in total. The lowest BCUT2D eigenvalue weighted by Gasteiger charge is -2.11. The lowest BCUT2D eigenvalue weighted by molar-refractivity contribution is -0.113. The van der Waals surface area contributed by atoms with Crippen LogP contribution in [0.2, 0.25) is 10.0 Å². The first kappa shape index (κ1) is 20.5. The first-order valence-corrected chi connectivity index (χ1v) is 10.0. The zero-order chi connectivity index (χ0) is 21.4. The van der Waals surface area contributed by atoms with Crippen molar-refractivity contribution in [2.45, 2.75) is 13.5 Å². The number of ether oxygens (including phenoxy) is 1. The molecule has 2 aromatic heterocycles. The smallest absolute Gasteiger partial charge is 0.281 e. The fourth-order valence-corrected chi connectivity index (χ4v) is 3.55. The SMILES string of the molecule is Cc1nn(C)cc1N1C(=O)/C(=C\c2ccc(COc3ccc(Cl)c(Cl)c3)o2)NC1=S. The number of thiocarbonyl (C=S) groups is 1. The summed E-state index contributed by atoms with van der Waals surface area (Å²) in [6, 6.07) is 8.53. The number of hydrogen-bond donors (Lipinski definition) is 1. The zero-order valence-electron chi connectivity index (χ0n) is 16.0. The van der Waals surface area contributed by atoms with E-state index in [4.69, 9.17) is 44.6 Å². The van der Waals surface area contributed by atoms with Crippen LogP contribution in [-0.2, 0) is 18.4 Å². The number of aryl methyl sites for hydroxylation is 2. The summed E-state index contributed by atoms with van der Waals surface area (Å²) in [5, 5.41) is 8.35. The van der Waals surface area contributed by atoms with E-state index >= 15 is 0 Å². The predicted octanol–water partition coefficient (Wildman–Crippen LogP) is 4.47. The van der Waals surface area contributed by atoms with E-state index in [0.717, 1.165) is 0 Å². The first-order valence-electron chi connectivity index (χ1n) is 8.86. The third-order valence-corrected chi connectivity index (χ3v) is 5.37. The van der Waals surface area contributed by atoms with E-state index in [1.165, 1.54) is 4.90 Å².